The van der Waals surface area contributed by atoms with Gasteiger partial charge in [0.2, 0.25) is 0 Å². The van der Waals surface area contributed by atoms with Gasteiger partial charge >= 0.3 is 0 Å². The lowest BCUT2D eigenvalue weighted by molar-refractivity contribution is 0.158. The third-order valence-electron chi connectivity index (χ3n) is 4.53. The molecule has 0 N–H and O–H groups in total. The van der Waals surface area contributed by atoms with Crippen LogP contribution in [0.5, 0.6) is 0 Å². The first-order valence-corrected chi connectivity index (χ1v) is 10.8. The van der Waals surface area contributed by atoms with Crippen molar-refractivity contribution in [1.29, 1.82) is 0 Å². The molecule has 0 unspecified atom stereocenters. The van der Waals surface area contributed by atoms with Gasteiger partial charge in [-0.3, -0.25) is 0 Å². The third kappa shape index (κ3) is 3.70. The van der Waals surface area contributed by atoms with E-state index in [4.69, 9.17) is 4.43 Å². The number of hydrogen-bond acceptors (Lipinski definition) is 1. The SMILES string of the molecule is CC(C)(C)[Si-](C)(C)OC1(Cc2ccc(Br)cc2)CC1. The summed E-state index contributed by atoms with van der Waals surface area (Å²) in [4.78, 5) is 0. The van der Waals surface area contributed by atoms with Crippen molar-refractivity contribution in [3.8, 4) is 0 Å². The fraction of sp³-hybridized carbons (Fsp3) is 0.625. The summed E-state index contributed by atoms with van der Waals surface area (Å²) in [5.74, 6) is 0. The van der Waals surface area contributed by atoms with E-state index >= 15 is 0 Å². The van der Waals surface area contributed by atoms with Crippen molar-refractivity contribution in [1.82, 2.24) is 0 Å². The molecule has 1 aromatic rings. The van der Waals surface area contributed by atoms with Crippen LogP contribution >= 0.6 is 15.9 Å². The zero-order chi connectivity index (χ0) is 14.3. The van der Waals surface area contributed by atoms with Crippen LogP contribution in [0.15, 0.2) is 28.7 Å². The predicted octanol–water partition coefficient (Wildman–Crippen LogP) is 5.55. The van der Waals surface area contributed by atoms with E-state index in [0.29, 0.717) is 5.04 Å². The largest absolute Gasteiger partial charge is 0.560 e. The van der Waals surface area contributed by atoms with Crippen molar-refractivity contribution in [3.63, 3.8) is 0 Å². The predicted molar refractivity (Wildman–Crippen MR) is 88.1 cm³/mol. The van der Waals surface area contributed by atoms with Gasteiger partial charge in [-0.05, 0) is 45.3 Å². The molecule has 1 aromatic carbocycles. The molecule has 0 aromatic heterocycles. The van der Waals surface area contributed by atoms with Gasteiger partial charge in [0.15, 0.2) is 0 Å². The second kappa shape index (κ2) is 5.01. The topological polar surface area (TPSA) is 9.23 Å². The van der Waals surface area contributed by atoms with Crippen LogP contribution in [0.25, 0.3) is 0 Å². The highest BCUT2D eigenvalue weighted by atomic mass is 79.9. The number of benzene rings is 1. The maximum Gasteiger partial charge on any atom is 0.0314 e. The van der Waals surface area contributed by atoms with Crippen molar-refractivity contribution in [2.45, 2.75) is 63.8 Å². The van der Waals surface area contributed by atoms with Crippen molar-refractivity contribution in [2.24, 2.45) is 0 Å². The lowest BCUT2D eigenvalue weighted by atomic mass is 10.1. The summed E-state index contributed by atoms with van der Waals surface area (Å²) in [5.41, 5.74) is 1.52. The summed E-state index contributed by atoms with van der Waals surface area (Å²) in [6.07, 6.45) is 3.50. The maximum absolute atomic E-state index is 6.66. The van der Waals surface area contributed by atoms with Crippen LogP contribution in [-0.2, 0) is 10.8 Å². The average Bonchev–Trinajstić information content (AvgIpc) is 2.99. The minimum absolute atomic E-state index is 0.136. The van der Waals surface area contributed by atoms with E-state index in [0.717, 1.165) is 10.9 Å². The zero-order valence-corrected chi connectivity index (χ0v) is 15.3. The summed E-state index contributed by atoms with van der Waals surface area (Å²) in [7, 11) is -1.65. The normalized spacial score (nSPS) is 18.4. The minimum atomic E-state index is -1.65. The Hall–Kier alpha value is -0.123. The smallest absolute Gasteiger partial charge is 0.0314 e. The molecule has 0 spiro atoms. The minimum Gasteiger partial charge on any atom is -0.560 e. The molecule has 0 saturated heterocycles. The van der Waals surface area contributed by atoms with E-state index in [1.807, 2.05) is 0 Å². The van der Waals surface area contributed by atoms with Crippen LogP contribution in [0.4, 0.5) is 0 Å². The number of halogens is 1. The molecule has 2 rings (SSSR count). The van der Waals surface area contributed by atoms with Crippen LogP contribution in [-0.4, -0.2) is 13.9 Å². The molecule has 1 aliphatic rings. The maximum atomic E-state index is 6.66. The second-order valence-corrected chi connectivity index (χ2v) is 13.0. The highest BCUT2D eigenvalue weighted by molar-refractivity contribution is 9.10. The Bertz CT molecular complexity index is 441. The first-order valence-electron chi connectivity index (χ1n) is 7.08. The molecule has 3 heteroatoms. The molecule has 0 bridgehead atoms. The molecular formula is C16H25BrOSi-. The summed E-state index contributed by atoms with van der Waals surface area (Å²) >= 11 is 3.49. The molecular weight excluding hydrogens is 316 g/mol. The highest BCUT2D eigenvalue weighted by Crippen LogP contribution is 2.49. The Labute approximate surface area is 127 Å². The molecule has 107 valence electrons. The molecule has 1 fully saturated rings. The quantitative estimate of drug-likeness (QED) is 0.653. The van der Waals surface area contributed by atoms with E-state index in [9.17, 15) is 0 Å². The Kier molecular flexibility index (Phi) is 4.03. The van der Waals surface area contributed by atoms with Gasteiger partial charge in [-0.15, -0.1) is 18.1 Å². The standard InChI is InChI=1S/C16H25BrOSi/c1-15(2,3)19(4,5)18-16(10-11-16)12-13-6-8-14(17)9-7-13/h6-9H,10-12H2,1-5H3/q-1. The average molecular weight is 341 g/mol. The van der Waals surface area contributed by atoms with Crippen LogP contribution in [0.1, 0.15) is 39.2 Å². The first kappa shape index (κ1) is 15.3. The van der Waals surface area contributed by atoms with Crippen molar-refractivity contribution < 1.29 is 4.43 Å². The van der Waals surface area contributed by atoms with Gasteiger partial charge in [0.25, 0.3) is 0 Å². The fourth-order valence-electron chi connectivity index (χ4n) is 2.12. The molecule has 0 atom stereocenters. The zero-order valence-electron chi connectivity index (χ0n) is 12.7. The summed E-state index contributed by atoms with van der Waals surface area (Å²) in [6, 6.07) is 8.66. The first-order chi connectivity index (χ1) is 8.64. The van der Waals surface area contributed by atoms with Gasteiger partial charge < -0.3 is 4.43 Å². The van der Waals surface area contributed by atoms with E-state index < -0.39 is 8.32 Å². The van der Waals surface area contributed by atoms with E-state index in [-0.39, 0.29) is 5.60 Å². The number of rotatable bonds is 4. The summed E-state index contributed by atoms with van der Waals surface area (Å²) in [6.45, 7) is 11.7. The molecule has 1 saturated carbocycles. The molecule has 0 radical (unpaired) electrons. The van der Waals surface area contributed by atoms with Gasteiger partial charge in [0.1, 0.15) is 0 Å². The van der Waals surface area contributed by atoms with Crippen LogP contribution in [0.3, 0.4) is 0 Å². The highest BCUT2D eigenvalue weighted by Gasteiger charge is 2.45. The molecule has 19 heavy (non-hydrogen) atoms. The van der Waals surface area contributed by atoms with Crippen molar-refractivity contribution in [3.05, 3.63) is 34.3 Å². The Morgan fingerprint density at radius 3 is 2.11 bits per heavy atom. The Balaban J connectivity index is 2.06. The third-order valence-corrected chi connectivity index (χ3v) is 9.61. The number of hydrogen-bond donors (Lipinski definition) is 0. The molecule has 1 nitrogen and oxygen atoms in total. The van der Waals surface area contributed by atoms with E-state index in [2.05, 4.69) is 74.1 Å². The van der Waals surface area contributed by atoms with E-state index in [1.54, 1.807) is 0 Å². The molecule has 1 aliphatic carbocycles. The van der Waals surface area contributed by atoms with Crippen LogP contribution in [0.2, 0.25) is 18.1 Å². The van der Waals surface area contributed by atoms with Crippen molar-refractivity contribution in [2.75, 3.05) is 0 Å². The van der Waals surface area contributed by atoms with Crippen molar-refractivity contribution >= 4 is 24.2 Å². The lowest BCUT2D eigenvalue weighted by Gasteiger charge is -2.51. The van der Waals surface area contributed by atoms with Crippen LogP contribution in [0, 0.1) is 0 Å². The van der Waals surface area contributed by atoms with Gasteiger partial charge in [-0.1, -0.05) is 48.8 Å². The van der Waals surface area contributed by atoms with Gasteiger partial charge in [-0.25, -0.2) is 0 Å². The Morgan fingerprint density at radius 2 is 1.68 bits per heavy atom. The Morgan fingerprint density at radius 1 is 1.16 bits per heavy atom. The monoisotopic (exact) mass is 340 g/mol. The molecule has 0 amide bonds. The summed E-state index contributed by atoms with van der Waals surface area (Å²) < 4.78 is 7.81. The second-order valence-electron chi connectivity index (χ2n) is 7.35. The lowest BCUT2D eigenvalue weighted by Crippen LogP contribution is -2.45. The van der Waals surface area contributed by atoms with Gasteiger partial charge in [0, 0.05) is 10.1 Å². The molecule has 0 heterocycles. The molecule has 0 aliphatic heterocycles. The summed E-state index contributed by atoms with van der Waals surface area (Å²) in [5, 5.41) is 0.294. The van der Waals surface area contributed by atoms with Crippen LogP contribution < -0.4 is 0 Å². The fourth-order valence-corrected chi connectivity index (χ4v) is 4.05. The van der Waals surface area contributed by atoms with Gasteiger partial charge in [-0.2, -0.15) is 0 Å². The van der Waals surface area contributed by atoms with Gasteiger partial charge in [0.05, 0.1) is 0 Å². The van der Waals surface area contributed by atoms with E-state index in [1.165, 1.54) is 18.4 Å².